The van der Waals surface area contributed by atoms with Crippen LogP contribution in [-0.2, 0) is 14.3 Å². The van der Waals surface area contributed by atoms with Crippen molar-refractivity contribution in [1.82, 2.24) is 19.4 Å². The molecule has 0 spiro atoms. The summed E-state index contributed by atoms with van der Waals surface area (Å²) >= 11 is 1.08. The molecule has 1 saturated heterocycles. The van der Waals surface area contributed by atoms with E-state index < -0.39 is 36.2 Å². The predicted molar refractivity (Wildman–Crippen MR) is 142 cm³/mol. The molecule has 11 nitrogen and oxygen atoms in total. The minimum atomic E-state index is -1.06. The standard InChI is InChI=1S/C27H26N6O5S/c34-23(15-32-26(36)20-3-1-2-4-21(20)27(32)37)33(19-9-10-19)24(22-16-39-30-29-22)25(35)28-17-5-7-18(8-6-17)31-11-13-38-14-12-31/h1-8,16,19,24H,9-15H2,(H,28,35)/t24-/m0/s1. The van der Waals surface area contributed by atoms with Crippen LogP contribution in [0.3, 0.4) is 0 Å². The first kappa shape index (κ1) is 25.1. The lowest BCUT2D eigenvalue weighted by Gasteiger charge is -2.31. The van der Waals surface area contributed by atoms with Crippen LogP contribution in [0.5, 0.6) is 0 Å². The van der Waals surface area contributed by atoms with Gasteiger partial charge in [-0.1, -0.05) is 16.6 Å². The first-order valence-corrected chi connectivity index (χ1v) is 13.6. The monoisotopic (exact) mass is 546 g/mol. The van der Waals surface area contributed by atoms with Gasteiger partial charge in [0, 0.05) is 35.9 Å². The number of carbonyl (C=O) groups excluding carboxylic acids is 4. The van der Waals surface area contributed by atoms with E-state index in [-0.39, 0.29) is 17.2 Å². The van der Waals surface area contributed by atoms with E-state index in [4.69, 9.17) is 4.74 Å². The number of imide groups is 1. The van der Waals surface area contributed by atoms with Crippen LogP contribution in [0.2, 0.25) is 0 Å². The Hall–Kier alpha value is -4.16. The van der Waals surface area contributed by atoms with E-state index in [1.165, 1.54) is 4.90 Å². The largest absolute Gasteiger partial charge is 0.378 e. The molecule has 1 atom stereocenters. The van der Waals surface area contributed by atoms with Crippen LogP contribution in [-0.4, -0.2) is 81.9 Å². The van der Waals surface area contributed by atoms with E-state index in [2.05, 4.69) is 19.8 Å². The first-order valence-electron chi connectivity index (χ1n) is 12.8. The Bertz CT molecular complexity index is 1370. The van der Waals surface area contributed by atoms with Crippen molar-refractivity contribution in [3.05, 3.63) is 70.7 Å². The second-order valence-electron chi connectivity index (χ2n) is 9.64. The number of nitrogens with one attached hydrogen (secondary N) is 1. The number of hydrogen-bond donors (Lipinski definition) is 1. The van der Waals surface area contributed by atoms with E-state index >= 15 is 0 Å². The van der Waals surface area contributed by atoms with Crippen LogP contribution in [0.25, 0.3) is 0 Å². The van der Waals surface area contributed by atoms with Crippen molar-refractivity contribution in [2.24, 2.45) is 0 Å². The summed E-state index contributed by atoms with van der Waals surface area (Å²) in [5, 5.41) is 8.66. The summed E-state index contributed by atoms with van der Waals surface area (Å²) < 4.78 is 9.33. The number of anilines is 2. The van der Waals surface area contributed by atoms with Crippen LogP contribution in [0.4, 0.5) is 11.4 Å². The molecule has 1 aliphatic carbocycles. The molecule has 1 saturated carbocycles. The molecule has 2 aromatic carbocycles. The number of ether oxygens (including phenoxy) is 1. The number of rotatable bonds is 8. The molecule has 12 heteroatoms. The fraction of sp³-hybridized carbons (Fsp3) is 0.333. The number of benzene rings is 2. The summed E-state index contributed by atoms with van der Waals surface area (Å²) in [6, 6.07) is 12.7. The molecular formula is C27H26N6O5S. The van der Waals surface area contributed by atoms with Crippen molar-refractivity contribution in [3.8, 4) is 0 Å². The molecular weight excluding hydrogens is 520 g/mol. The number of amides is 4. The zero-order valence-electron chi connectivity index (χ0n) is 21.0. The average molecular weight is 547 g/mol. The second-order valence-corrected chi connectivity index (χ2v) is 10.3. The third-order valence-corrected chi connectivity index (χ3v) is 7.62. The maximum absolute atomic E-state index is 13.7. The highest BCUT2D eigenvalue weighted by atomic mass is 32.1. The van der Waals surface area contributed by atoms with Crippen LogP contribution < -0.4 is 10.2 Å². The van der Waals surface area contributed by atoms with E-state index in [1.807, 2.05) is 24.3 Å². The van der Waals surface area contributed by atoms with Gasteiger partial charge in [-0.05, 0) is 60.8 Å². The lowest BCUT2D eigenvalue weighted by molar-refractivity contribution is -0.140. The Morgan fingerprint density at radius 2 is 1.69 bits per heavy atom. The zero-order chi connectivity index (χ0) is 26.9. The fourth-order valence-corrected chi connectivity index (χ4v) is 5.47. The van der Waals surface area contributed by atoms with Crippen LogP contribution in [0.1, 0.15) is 45.3 Å². The molecule has 3 heterocycles. The summed E-state index contributed by atoms with van der Waals surface area (Å²) in [5.74, 6) is -1.97. The molecule has 1 N–H and O–H groups in total. The topological polar surface area (TPSA) is 125 Å². The Kier molecular flexibility index (Phi) is 6.79. The van der Waals surface area contributed by atoms with Gasteiger partial charge in [0.05, 0.1) is 24.3 Å². The molecule has 4 amide bonds. The molecule has 200 valence electrons. The number of aromatic nitrogens is 2. The van der Waals surface area contributed by atoms with Gasteiger partial charge >= 0.3 is 0 Å². The van der Waals surface area contributed by atoms with Crippen LogP contribution >= 0.6 is 11.5 Å². The highest BCUT2D eigenvalue weighted by Gasteiger charge is 2.45. The van der Waals surface area contributed by atoms with E-state index in [0.717, 1.165) is 35.2 Å². The number of morpholine rings is 1. The summed E-state index contributed by atoms with van der Waals surface area (Å²) in [6.45, 7) is 2.49. The SMILES string of the molecule is O=C(Nc1ccc(N2CCOCC2)cc1)[C@H](c1csnn1)N(C(=O)CN1C(=O)c2ccccc2C1=O)C1CC1. The minimum Gasteiger partial charge on any atom is -0.378 e. The van der Waals surface area contributed by atoms with Crippen molar-refractivity contribution < 1.29 is 23.9 Å². The van der Waals surface area contributed by atoms with Gasteiger partial charge in [0.2, 0.25) is 5.91 Å². The van der Waals surface area contributed by atoms with Gasteiger partial charge in [0.15, 0.2) is 6.04 Å². The van der Waals surface area contributed by atoms with E-state index in [1.54, 1.807) is 29.6 Å². The molecule has 39 heavy (non-hydrogen) atoms. The first-order chi connectivity index (χ1) is 19.0. The smallest absolute Gasteiger partial charge is 0.262 e. The van der Waals surface area contributed by atoms with Gasteiger partial charge in [-0.2, -0.15) is 0 Å². The van der Waals surface area contributed by atoms with Gasteiger partial charge in [-0.3, -0.25) is 24.1 Å². The summed E-state index contributed by atoms with van der Waals surface area (Å²) in [6.07, 6.45) is 1.42. The van der Waals surface area contributed by atoms with Gasteiger partial charge in [0.1, 0.15) is 12.2 Å². The highest BCUT2D eigenvalue weighted by Crippen LogP contribution is 2.36. The van der Waals surface area contributed by atoms with Crippen molar-refractivity contribution in [1.29, 1.82) is 0 Å². The lowest BCUT2D eigenvalue weighted by atomic mass is 10.1. The van der Waals surface area contributed by atoms with E-state index in [9.17, 15) is 19.2 Å². The van der Waals surface area contributed by atoms with Crippen LogP contribution in [0, 0.1) is 0 Å². The average Bonchev–Trinajstić information content (AvgIpc) is 3.60. The molecule has 3 aliphatic rings. The van der Waals surface area contributed by atoms with Crippen molar-refractivity contribution in [3.63, 3.8) is 0 Å². The third-order valence-electron chi connectivity index (χ3n) is 7.09. The number of hydrogen-bond acceptors (Lipinski definition) is 9. The fourth-order valence-electron chi connectivity index (χ4n) is 4.99. The van der Waals surface area contributed by atoms with Gasteiger partial charge < -0.3 is 19.9 Å². The van der Waals surface area contributed by atoms with Gasteiger partial charge in [-0.15, -0.1) is 5.10 Å². The normalized spacial score (nSPS) is 17.6. The number of carbonyl (C=O) groups is 4. The summed E-state index contributed by atoms with van der Waals surface area (Å²) in [5.41, 5.74) is 2.49. The Morgan fingerprint density at radius 1 is 1.03 bits per heavy atom. The number of nitrogens with zero attached hydrogens (tertiary/aromatic N) is 5. The molecule has 1 aromatic heterocycles. The quantitative estimate of drug-likeness (QED) is 0.427. The maximum Gasteiger partial charge on any atom is 0.262 e. The molecule has 0 radical (unpaired) electrons. The molecule has 0 bridgehead atoms. The predicted octanol–water partition coefficient (Wildman–Crippen LogP) is 2.34. The Balaban J connectivity index is 1.22. The molecule has 6 rings (SSSR count). The Labute approximate surface area is 228 Å². The van der Waals surface area contributed by atoms with Gasteiger partial charge in [-0.25, -0.2) is 0 Å². The summed E-state index contributed by atoms with van der Waals surface area (Å²) in [7, 11) is 0. The third kappa shape index (κ3) is 5.00. The zero-order valence-corrected chi connectivity index (χ0v) is 21.8. The molecule has 2 aliphatic heterocycles. The Morgan fingerprint density at radius 3 is 2.28 bits per heavy atom. The van der Waals surface area contributed by atoms with Gasteiger partial charge in [0.25, 0.3) is 17.7 Å². The maximum atomic E-state index is 13.7. The number of fused-ring (bicyclic) bond motifs is 1. The van der Waals surface area contributed by atoms with Crippen LogP contribution in [0.15, 0.2) is 53.9 Å². The lowest BCUT2D eigenvalue weighted by Crippen LogP contribution is -2.48. The molecule has 2 fully saturated rings. The van der Waals surface area contributed by atoms with Crippen molar-refractivity contribution >= 4 is 46.5 Å². The molecule has 0 unspecified atom stereocenters. The van der Waals surface area contributed by atoms with Crippen molar-refractivity contribution in [2.45, 2.75) is 24.9 Å². The van der Waals surface area contributed by atoms with Crippen molar-refractivity contribution in [2.75, 3.05) is 43.1 Å². The molecule has 3 aromatic rings. The van der Waals surface area contributed by atoms with E-state index in [0.29, 0.717) is 37.4 Å². The minimum absolute atomic E-state index is 0.200. The highest BCUT2D eigenvalue weighted by molar-refractivity contribution is 7.03. The summed E-state index contributed by atoms with van der Waals surface area (Å²) in [4.78, 5) is 57.7. The second kappa shape index (κ2) is 10.5.